The fourth-order valence-electron chi connectivity index (χ4n) is 2.18. The summed E-state index contributed by atoms with van der Waals surface area (Å²) in [5.41, 5.74) is 6.15. The van der Waals surface area contributed by atoms with Gasteiger partial charge >= 0.3 is 0 Å². The third-order valence-corrected chi connectivity index (χ3v) is 5.89. The minimum atomic E-state index is -1.54. The van der Waals surface area contributed by atoms with Crippen LogP contribution in [0, 0.1) is 5.82 Å². The predicted octanol–water partition coefficient (Wildman–Crippen LogP) is 3.44. The summed E-state index contributed by atoms with van der Waals surface area (Å²) in [5, 5.41) is 6.29. The van der Waals surface area contributed by atoms with Gasteiger partial charge in [0.1, 0.15) is 5.82 Å². The third-order valence-electron chi connectivity index (χ3n) is 3.46. The predicted molar refractivity (Wildman–Crippen MR) is 90.8 cm³/mol. The molecule has 0 aliphatic heterocycles. The van der Waals surface area contributed by atoms with E-state index in [-0.39, 0.29) is 5.92 Å². The van der Waals surface area contributed by atoms with E-state index in [0.717, 1.165) is 4.88 Å². The number of benzene rings is 1. The van der Waals surface area contributed by atoms with Crippen LogP contribution in [0.5, 0.6) is 0 Å². The molecule has 1 aromatic heterocycles. The highest BCUT2D eigenvalue weighted by Crippen LogP contribution is 2.39. The van der Waals surface area contributed by atoms with Crippen LogP contribution >= 0.6 is 22.9 Å². The lowest BCUT2D eigenvalue weighted by Gasteiger charge is -2.27. The van der Waals surface area contributed by atoms with Crippen molar-refractivity contribution in [3.8, 4) is 0 Å². The van der Waals surface area contributed by atoms with E-state index in [1.807, 2.05) is 0 Å². The van der Waals surface area contributed by atoms with Crippen molar-refractivity contribution in [2.75, 3.05) is 5.73 Å². The van der Waals surface area contributed by atoms with E-state index in [2.05, 4.69) is 4.98 Å². The van der Waals surface area contributed by atoms with Crippen molar-refractivity contribution in [2.24, 2.45) is 5.14 Å². The van der Waals surface area contributed by atoms with Crippen LogP contribution in [0.1, 0.15) is 36.6 Å². The molecule has 1 heterocycles. The van der Waals surface area contributed by atoms with Crippen LogP contribution in [0.2, 0.25) is 5.02 Å². The lowest BCUT2D eigenvalue weighted by molar-refractivity contribution is 0.534. The number of rotatable bonds is 5. The summed E-state index contributed by atoms with van der Waals surface area (Å²) in [5.74, 6) is -0.752. The second-order valence-electron chi connectivity index (χ2n) is 5.58. The number of nitrogens with zero attached hydrogens (tertiary/aromatic N) is 1. The van der Waals surface area contributed by atoms with Crippen LogP contribution in [-0.4, -0.2) is 13.9 Å². The van der Waals surface area contributed by atoms with E-state index in [9.17, 15) is 8.60 Å². The molecule has 0 aliphatic carbocycles. The fourth-order valence-corrected chi connectivity index (χ4v) is 3.48. The lowest BCUT2D eigenvalue weighted by Crippen LogP contribution is -2.34. The summed E-state index contributed by atoms with van der Waals surface area (Å²) in [6, 6.07) is 4.53. The van der Waals surface area contributed by atoms with Gasteiger partial charge in [0.2, 0.25) is 0 Å². The van der Waals surface area contributed by atoms with Gasteiger partial charge in [0.15, 0.2) is 5.13 Å². The van der Waals surface area contributed by atoms with Gasteiger partial charge in [0.05, 0.1) is 15.7 Å². The van der Waals surface area contributed by atoms with Gasteiger partial charge in [-0.3, -0.25) is 5.14 Å². The van der Waals surface area contributed by atoms with Crippen LogP contribution in [0.15, 0.2) is 24.4 Å². The van der Waals surface area contributed by atoms with E-state index in [1.54, 1.807) is 32.2 Å². The van der Waals surface area contributed by atoms with E-state index in [4.69, 9.17) is 22.5 Å². The molecule has 1 aromatic carbocycles. The molecule has 0 saturated carbocycles. The molecule has 8 heteroatoms. The SMILES string of the molecule is CC(C)(C[C@H](c1cnc(N)s1)c1ccc(Cl)cc1F)S(N)=O. The largest absolute Gasteiger partial charge is 0.375 e. The molecule has 120 valence electrons. The zero-order valence-corrected chi connectivity index (χ0v) is 14.6. The zero-order valence-electron chi connectivity index (χ0n) is 12.2. The molecule has 4 N–H and O–H groups in total. The zero-order chi connectivity index (χ0) is 16.5. The van der Waals surface area contributed by atoms with Gasteiger partial charge in [-0.05, 0) is 38.0 Å². The summed E-state index contributed by atoms with van der Waals surface area (Å²) in [7, 11) is -1.54. The molecule has 0 saturated heterocycles. The van der Waals surface area contributed by atoms with Gasteiger partial charge in [-0.2, -0.15) is 0 Å². The van der Waals surface area contributed by atoms with Crippen molar-refractivity contribution in [1.29, 1.82) is 0 Å². The Morgan fingerprint density at radius 1 is 1.50 bits per heavy atom. The van der Waals surface area contributed by atoms with Gasteiger partial charge in [-0.1, -0.05) is 17.7 Å². The molecule has 22 heavy (non-hydrogen) atoms. The van der Waals surface area contributed by atoms with Crippen LogP contribution in [-0.2, 0) is 11.0 Å². The van der Waals surface area contributed by atoms with E-state index >= 15 is 0 Å². The quantitative estimate of drug-likeness (QED) is 0.855. The van der Waals surface area contributed by atoms with Crippen LogP contribution in [0.4, 0.5) is 9.52 Å². The molecule has 4 nitrogen and oxygen atoms in total. The van der Waals surface area contributed by atoms with Gasteiger partial charge in [-0.25, -0.2) is 13.6 Å². The highest BCUT2D eigenvalue weighted by Gasteiger charge is 2.32. The Hall–Kier alpha value is -1.02. The summed E-state index contributed by atoms with van der Waals surface area (Å²) >= 11 is 7.10. The molecule has 2 aromatic rings. The molecule has 0 fully saturated rings. The molecular formula is C14H17ClFN3OS2. The Bertz CT molecular complexity index is 705. The fraction of sp³-hybridized carbons (Fsp3) is 0.357. The first-order chi connectivity index (χ1) is 10.2. The number of nitrogens with two attached hydrogens (primary N) is 2. The number of aromatic nitrogens is 1. The standard InChI is InChI=1S/C14H17ClFN3OS2/c1-14(2,22(18)20)6-10(12-7-19-13(17)21-12)9-4-3-8(15)5-11(9)16/h3-5,7,10H,6,18H2,1-2H3,(H2,17,19)/t10-,22?/m0/s1. The molecule has 0 radical (unpaired) electrons. The smallest absolute Gasteiger partial charge is 0.180 e. The minimum Gasteiger partial charge on any atom is -0.375 e. The maximum Gasteiger partial charge on any atom is 0.180 e. The summed E-state index contributed by atoms with van der Waals surface area (Å²) < 4.78 is 25.4. The second kappa shape index (κ2) is 6.62. The van der Waals surface area contributed by atoms with Gasteiger partial charge in [-0.15, -0.1) is 11.3 Å². The minimum absolute atomic E-state index is 0.325. The molecule has 1 unspecified atom stereocenters. The molecular weight excluding hydrogens is 345 g/mol. The topological polar surface area (TPSA) is 82.0 Å². The van der Waals surface area contributed by atoms with Crippen molar-refractivity contribution in [3.63, 3.8) is 0 Å². The Morgan fingerprint density at radius 3 is 2.68 bits per heavy atom. The molecule has 0 bridgehead atoms. The monoisotopic (exact) mass is 361 g/mol. The molecule has 0 aliphatic rings. The van der Waals surface area contributed by atoms with Gasteiger partial charge in [0, 0.05) is 22.0 Å². The van der Waals surface area contributed by atoms with E-state index < -0.39 is 21.5 Å². The van der Waals surface area contributed by atoms with Crippen molar-refractivity contribution in [3.05, 3.63) is 45.7 Å². The number of hydrogen-bond acceptors (Lipinski definition) is 4. The van der Waals surface area contributed by atoms with Crippen molar-refractivity contribution in [2.45, 2.75) is 30.9 Å². The van der Waals surface area contributed by atoms with Crippen molar-refractivity contribution in [1.82, 2.24) is 4.98 Å². The normalized spacial score (nSPS) is 14.8. The highest BCUT2D eigenvalue weighted by molar-refractivity contribution is 7.84. The van der Waals surface area contributed by atoms with Crippen LogP contribution in [0.3, 0.4) is 0 Å². The number of hydrogen-bond donors (Lipinski definition) is 2. The Morgan fingerprint density at radius 2 is 2.18 bits per heavy atom. The van der Waals surface area contributed by atoms with E-state index in [0.29, 0.717) is 22.1 Å². The van der Waals surface area contributed by atoms with Gasteiger partial charge < -0.3 is 5.73 Å². The Labute approximate surface area is 140 Å². The summed E-state index contributed by atoms with van der Waals surface area (Å²) in [4.78, 5) is 4.83. The molecule has 0 amide bonds. The van der Waals surface area contributed by atoms with Crippen LogP contribution < -0.4 is 10.9 Å². The van der Waals surface area contributed by atoms with Crippen molar-refractivity contribution < 1.29 is 8.60 Å². The maximum absolute atomic E-state index is 14.3. The van der Waals surface area contributed by atoms with Gasteiger partial charge in [0.25, 0.3) is 0 Å². The lowest BCUT2D eigenvalue weighted by atomic mass is 9.88. The average Bonchev–Trinajstić information content (AvgIpc) is 2.83. The third kappa shape index (κ3) is 3.84. The second-order valence-corrected chi connectivity index (χ2v) is 8.81. The maximum atomic E-state index is 14.3. The molecule has 2 atom stereocenters. The number of nitrogen functional groups attached to an aromatic ring is 1. The Balaban J connectivity index is 2.48. The van der Waals surface area contributed by atoms with Crippen LogP contribution in [0.25, 0.3) is 0 Å². The number of halogens is 2. The molecule has 0 spiro atoms. The summed E-state index contributed by atoms with van der Waals surface area (Å²) in [6.07, 6.45) is 2.02. The summed E-state index contributed by atoms with van der Waals surface area (Å²) in [6.45, 7) is 3.57. The first-order valence-corrected chi connectivity index (χ1v) is 8.94. The number of thiazole rings is 1. The molecule has 2 rings (SSSR count). The Kier molecular flexibility index (Phi) is 5.21. The van der Waals surface area contributed by atoms with E-state index in [1.165, 1.54) is 17.4 Å². The van der Waals surface area contributed by atoms with Crippen molar-refractivity contribution >= 4 is 39.1 Å². The first-order valence-electron chi connectivity index (χ1n) is 6.53. The number of anilines is 1. The highest BCUT2D eigenvalue weighted by atomic mass is 35.5. The average molecular weight is 362 g/mol. The first kappa shape index (κ1) is 17.3.